The number of carboxylic acids is 1. The highest BCUT2D eigenvalue weighted by Gasteiger charge is 2.24. The monoisotopic (exact) mass is 1040 g/mol. The largest absolute Gasteiger partial charge is 0.488 e. The summed E-state index contributed by atoms with van der Waals surface area (Å²) < 4.78 is 37.0. The lowest BCUT2D eigenvalue weighted by Gasteiger charge is -2.23. The minimum atomic E-state index is -1.09. The molecule has 3 rings (SSSR count). The van der Waals surface area contributed by atoms with Gasteiger partial charge in [-0.2, -0.15) is 0 Å². The summed E-state index contributed by atoms with van der Waals surface area (Å²) in [5, 5.41) is 12.6. The van der Waals surface area contributed by atoms with Crippen LogP contribution in [0.25, 0.3) is 21.5 Å². The number of unbranched alkanes of at least 4 members (excludes halogenated alkanes) is 30. The van der Waals surface area contributed by atoms with Crippen LogP contribution in [0.4, 0.5) is 0 Å². The van der Waals surface area contributed by atoms with Crippen LogP contribution in [-0.4, -0.2) is 74.9 Å². The van der Waals surface area contributed by atoms with Gasteiger partial charge in [0.05, 0.1) is 18.8 Å². The zero-order chi connectivity index (χ0) is 54.1. The summed E-state index contributed by atoms with van der Waals surface area (Å²) in [6, 6.07) is 12.3. The van der Waals surface area contributed by atoms with Gasteiger partial charge in [-0.3, -0.25) is 0 Å². The van der Waals surface area contributed by atoms with E-state index in [2.05, 4.69) is 27.0 Å². The number of hydrogen-bond donors (Lipinski definition) is 1. The third-order valence-electron chi connectivity index (χ3n) is 14.1. The number of carboxylic acid groups (broad SMARTS) is 1. The molecule has 10 nitrogen and oxygen atoms in total. The molecule has 0 aliphatic rings. The second-order valence-corrected chi connectivity index (χ2v) is 21.3. The molecule has 0 spiro atoms. The number of rotatable bonds is 49. The molecule has 0 aromatic heterocycles. The van der Waals surface area contributed by atoms with E-state index >= 15 is 0 Å². The predicted molar refractivity (Wildman–Crippen MR) is 310 cm³/mol. The number of aromatic carboxylic acids is 1. The van der Waals surface area contributed by atoms with Crippen molar-refractivity contribution >= 4 is 39.5 Å². The van der Waals surface area contributed by atoms with Crippen molar-refractivity contribution in [1.29, 1.82) is 0 Å². The number of fused-ring (bicyclic) bond motifs is 2. The number of ether oxygens (including phenoxy) is 6. The molecule has 2 atom stereocenters. The molecule has 0 fully saturated rings. The number of benzene rings is 3. The van der Waals surface area contributed by atoms with Crippen LogP contribution in [0.15, 0.2) is 66.8 Å². The van der Waals surface area contributed by atoms with Crippen molar-refractivity contribution in [3.8, 4) is 11.5 Å². The Kier molecular flexibility index (Phi) is 36.1. The number of carbonyl (C=O) groups excluding carboxylic acids is 2. The number of carbonyl (C=O) groups is 3. The molecule has 0 saturated heterocycles. The first-order valence-electron chi connectivity index (χ1n) is 29.9. The first-order chi connectivity index (χ1) is 36.6. The minimum Gasteiger partial charge on any atom is -0.488 e. The quantitative estimate of drug-likeness (QED) is 0.0253. The maximum Gasteiger partial charge on any atom is 0.335 e. The van der Waals surface area contributed by atoms with Crippen LogP contribution >= 0.6 is 0 Å². The topological polar surface area (TPSA) is 127 Å². The Morgan fingerprint density at radius 2 is 0.733 bits per heavy atom. The Morgan fingerprint density at radius 3 is 1.05 bits per heavy atom. The van der Waals surface area contributed by atoms with E-state index in [1.807, 2.05) is 24.3 Å². The predicted octanol–water partition coefficient (Wildman–Crippen LogP) is 18.0. The summed E-state index contributed by atoms with van der Waals surface area (Å²) in [6.45, 7) is 16.6. The van der Waals surface area contributed by atoms with E-state index in [1.54, 1.807) is 26.0 Å². The van der Waals surface area contributed by atoms with Crippen molar-refractivity contribution in [3.05, 3.63) is 72.3 Å². The molecule has 0 saturated carbocycles. The first kappa shape index (κ1) is 64.9. The van der Waals surface area contributed by atoms with Gasteiger partial charge in [-0.1, -0.05) is 244 Å². The van der Waals surface area contributed by atoms with Crippen LogP contribution in [0, 0.1) is 0 Å². The van der Waals surface area contributed by atoms with Crippen LogP contribution in [0.3, 0.4) is 0 Å². The molecule has 1 N–H and O–H groups in total. The molecule has 3 aromatic carbocycles. The van der Waals surface area contributed by atoms with Gasteiger partial charge in [0.2, 0.25) is 0 Å². The van der Waals surface area contributed by atoms with E-state index < -0.39 is 30.1 Å². The van der Waals surface area contributed by atoms with Crippen LogP contribution < -0.4 is 9.47 Å². The van der Waals surface area contributed by atoms with Crippen molar-refractivity contribution < 1.29 is 47.9 Å². The normalized spacial score (nSPS) is 12.2. The van der Waals surface area contributed by atoms with Crippen molar-refractivity contribution in [2.45, 2.75) is 245 Å². The molecule has 3 aromatic rings. The lowest BCUT2D eigenvalue weighted by atomic mass is 9.98. The SMILES string of the molecule is C=C(C)C(=O)OC(COCCCCCCCCCCCCCCCCCC)COc1c2ccccc2c(OCC(COCCCCCCCCCCCCCCCCCC)OC(=O)C(=C)C)c2cc(C(=O)O)ccc12. The molecule has 0 radical (unpaired) electrons. The highest BCUT2D eigenvalue weighted by Crippen LogP contribution is 2.43. The molecular formula is C65H102O10. The van der Waals surface area contributed by atoms with Gasteiger partial charge in [0.15, 0.2) is 12.2 Å². The molecule has 75 heavy (non-hydrogen) atoms. The Morgan fingerprint density at radius 1 is 0.427 bits per heavy atom. The first-order valence-corrected chi connectivity index (χ1v) is 29.9. The van der Waals surface area contributed by atoms with E-state index in [-0.39, 0.29) is 43.1 Å². The number of esters is 2. The molecule has 0 amide bonds. The van der Waals surface area contributed by atoms with E-state index in [0.29, 0.717) is 46.3 Å². The van der Waals surface area contributed by atoms with Crippen LogP contribution in [0.5, 0.6) is 11.5 Å². The maximum absolute atomic E-state index is 12.8. The molecule has 0 heterocycles. The van der Waals surface area contributed by atoms with Gasteiger partial charge in [0.25, 0.3) is 0 Å². The average molecular weight is 1040 g/mol. The summed E-state index contributed by atoms with van der Waals surface area (Å²) in [7, 11) is 0. The zero-order valence-electron chi connectivity index (χ0n) is 47.6. The number of hydrogen-bond acceptors (Lipinski definition) is 9. The standard InChI is InChI=1S/C65H102O10/c1-7-9-11-13-15-17-19-21-23-25-27-29-31-33-35-39-45-70-48-55(74-64(68)52(3)4)50-72-61-57-41-37-38-42-58(57)62(60-47-54(63(66)67)43-44-59(60)61)73-51-56(75-65(69)53(5)6)49-71-46-40-36-34-32-30-28-26-24-22-20-18-16-14-12-10-8-2/h37-38,41-44,47,55-56H,3,5,7-36,39-40,45-46,48-51H2,1-2,4,6H3,(H,66,67). The summed E-state index contributed by atoms with van der Waals surface area (Å²) in [4.78, 5) is 38.0. The van der Waals surface area contributed by atoms with Crippen molar-refractivity contribution in [3.63, 3.8) is 0 Å². The summed E-state index contributed by atoms with van der Waals surface area (Å²) >= 11 is 0. The molecule has 422 valence electrons. The molecule has 0 aliphatic carbocycles. The fraction of sp³-hybridized carbons (Fsp3) is 0.677. The second-order valence-electron chi connectivity index (χ2n) is 21.3. The van der Waals surface area contributed by atoms with Crippen molar-refractivity contribution in [2.24, 2.45) is 0 Å². The van der Waals surface area contributed by atoms with Crippen molar-refractivity contribution in [1.82, 2.24) is 0 Å². The lowest BCUT2D eigenvalue weighted by Crippen LogP contribution is -2.30. The fourth-order valence-electron chi connectivity index (χ4n) is 9.57. The minimum absolute atomic E-state index is 0.0202. The average Bonchev–Trinajstić information content (AvgIpc) is 3.40. The van der Waals surface area contributed by atoms with Gasteiger partial charge >= 0.3 is 17.9 Å². The molecule has 0 bridgehead atoms. The van der Waals surface area contributed by atoms with Crippen LogP contribution in [0.2, 0.25) is 0 Å². The Bertz CT molecular complexity index is 2040. The van der Waals surface area contributed by atoms with Gasteiger partial charge < -0.3 is 33.5 Å². The Hall–Kier alpha value is -4.41. The van der Waals surface area contributed by atoms with Gasteiger partial charge in [-0.05, 0) is 44.9 Å². The Labute approximate surface area is 454 Å². The van der Waals surface area contributed by atoms with Gasteiger partial charge in [-0.15, -0.1) is 0 Å². The molecule has 2 unspecified atom stereocenters. The van der Waals surface area contributed by atoms with Crippen LogP contribution in [0.1, 0.15) is 244 Å². The maximum atomic E-state index is 12.8. The molecule has 0 aliphatic heterocycles. The van der Waals surface area contributed by atoms with Crippen LogP contribution in [-0.2, 0) is 28.5 Å². The van der Waals surface area contributed by atoms with Gasteiger partial charge in [0.1, 0.15) is 24.7 Å². The Balaban J connectivity index is 1.55. The van der Waals surface area contributed by atoms with E-state index in [9.17, 15) is 19.5 Å². The summed E-state index contributed by atoms with van der Waals surface area (Å²) in [5.41, 5.74) is 0.602. The smallest absolute Gasteiger partial charge is 0.335 e. The highest BCUT2D eigenvalue weighted by atomic mass is 16.6. The third kappa shape index (κ3) is 28.5. The van der Waals surface area contributed by atoms with E-state index in [0.717, 1.165) is 25.7 Å². The molecular weight excluding hydrogens is 941 g/mol. The third-order valence-corrected chi connectivity index (χ3v) is 14.1. The van der Waals surface area contributed by atoms with E-state index in [4.69, 9.17) is 28.4 Å². The fourth-order valence-corrected chi connectivity index (χ4v) is 9.57. The van der Waals surface area contributed by atoms with Crippen molar-refractivity contribution in [2.75, 3.05) is 39.6 Å². The second kappa shape index (κ2) is 41.7. The zero-order valence-corrected chi connectivity index (χ0v) is 47.6. The summed E-state index contributed by atoms with van der Waals surface area (Å²) in [5.74, 6) is -1.28. The van der Waals surface area contributed by atoms with Gasteiger partial charge in [0, 0.05) is 45.9 Å². The highest BCUT2D eigenvalue weighted by molar-refractivity contribution is 6.12. The lowest BCUT2D eigenvalue weighted by molar-refractivity contribution is -0.150. The molecule has 10 heteroatoms. The van der Waals surface area contributed by atoms with Gasteiger partial charge in [-0.25, -0.2) is 14.4 Å². The summed E-state index contributed by atoms with van der Waals surface area (Å²) in [6.07, 6.45) is 39.9. The van der Waals surface area contributed by atoms with E-state index in [1.165, 1.54) is 186 Å².